The maximum absolute atomic E-state index is 13.4. The van der Waals surface area contributed by atoms with Crippen LogP contribution >= 0.6 is 27.5 Å². The number of amides is 1. The molecule has 2 aromatic carbocycles. The van der Waals surface area contributed by atoms with E-state index in [4.69, 9.17) is 16.7 Å². The summed E-state index contributed by atoms with van der Waals surface area (Å²) in [5, 5.41) is 11.6. The van der Waals surface area contributed by atoms with E-state index in [0.717, 1.165) is 0 Å². The molecule has 21 heavy (non-hydrogen) atoms. The topological polar surface area (TPSA) is 66.4 Å². The van der Waals surface area contributed by atoms with E-state index < -0.39 is 17.7 Å². The van der Waals surface area contributed by atoms with Crippen molar-refractivity contribution in [2.45, 2.75) is 0 Å². The maximum atomic E-state index is 13.4. The molecule has 0 saturated carbocycles. The van der Waals surface area contributed by atoms with Gasteiger partial charge in [0.25, 0.3) is 5.91 Å². The van der Waals surface area contributed by atoms with Crippen LogP contribution in [0.15, 0.2) is 40.9 Å². The largest absolute Gasteiger partial charge is 0.478 e. The SMILES string of the molecule is O=C(O)c1cc(Cl)cc(NC(=O)c2cccc(F)c2Br)c1. The Morgan fingerprint density at radius 3 is 2.62 bits per heavy atom. The molecule has 0 spiro atoms. The van der Waals surface area contributed by atoms with Gasteiger partial charge in [0.05, 0.1) is 15.6 Å². The fourth-order valence-electron chi connectivity index (χ4n) is 1.66. The fourth-order valence-corrected chi connectivity index (χ4v) is 2.34. The summed E-state index contributed by atoms with van der Waals surface area (Å²) in [5.41, 5.74) is 0.240. The van der Waals surface area contributed by atoms with Crippen LogP contribution in [0.1, 0.15) is 20.7 Å². The molecule has 0 aliphatic carbocycles. The minimum atomic E-state index is -1.17. The van der Waals surface area contributed by atoms with Gasteiger partial charge in [-0.2, -0.15) is 0 Å². The summed E-state index contributed by atoms with van der Waals surface area (Å²) in [5.74, 6) is -2.32. The number of carboxylic acid groups (broad SMARTS) is 1. The highest BCUT2D eigenvalue weighted by molar-refractivity contribution is 9.10. The minimum Gasteiger partial charge on any atom is -0.478 e. The van der Waals surface area contributed by atoms with Gasteiger partial charge in [0.1, 0.15) is 5.82 Å². The average Bonchev–Trinajstić information content (AvgIpc) is 2.41. The first-order valence-electron chi connectivity index (χ1n) is 5.67. The number of hydrogen-bond acceptors (Lipinski definition) is 2. The van der Waals surface area contributed by atoms with Crippen molar-refractivity contribution in [1.82, 2.24) is 0 Å². The Balaban J connectivity index is 2.31. The number of benzene rings is 2. The molecule has 4 nitrogen and oxygen atoms in total. The molecule has 2 aromatic rings. The van der Waals surface area contributed by atoms with Crippen LogP contribution in [0.5, 0.6) is 0 Å². The van der Waals surface area contributed by atoms with Gasteiger partial charge >= 0.3 is 5.97 Å². The molecule has 0 saturated heterocycles. The second kappa shape index (κ2) is 6.24. The monoisotopic (exact) mass is 371 g/mol. The van der Waals surface area contributed by atoms with Crippen LogP contribution in [0, 0.1) is 5.82 Å². The van der Waals surface area contributed by atoms with Gasteiger partial charge in [-0.15, -0.1) is 0 Å². The molecule has 0 aromatic heterocycles. The van der Waals surface area contributed by atoms with Crippen LogP contribution in [0.2, 0.25) is 5.02 Å². The van der Waals surface area contributed by atoms with E-state index in [1.807, 2.05) is 0 Å². The fraction of sp³-hybridized carbons (Fsp3) is 0. The highest BCUT2D eigenvalue weighted by Gasteiger charge is 2.14. The summed E-state index contributed by atoms with van der Waals surface area (Å²) in [4.78, 5) is 23.0. The molecule has 0 aliphatic rings. The molecule has 108 valence electrons. The smallest absolute Gasteiger partial charge is 0.335 e. The van der Waals surface area contributed by atoms with Gasteiger partial charge in [0.15, 0.2) is 0 Å². The van der Waals surface area contributed by atoms with E-state index in [-0.39, 0.29) is 26.3 Å². The average molecular weight is 373 g/mol. The van der Waals surface area contributed by atoms with Crippen molar-refractivity contribution >= 4 is 45.1 Å². The van der Waals surface area contributed by atoms with Crippen molar-refractivity contribution in [2.24, 2.45) is 0 Å². The standard InChI is InChI=1S/C14H8BrClFNO3/c15-12-10(2-1-3-11(12)17)13(19)18-9-5-7(14(20)21)4-8(16)6-9/h1-6H,(H,18,19)(H,20,21). The Hall–Kier alpha value is -1.92. The summed E-state index contributed by atoms with van der Waals surface area (Å²) < 4.78 is 13.4. The number of aromatic carboxylic acids is 1. The second-order valence-corrected chi connectivity index (χ2v) is 5.32. The highest BCUT2D eigenvalue weighted by atomic mass is 79.9. The number of rotatable bonds is 3. The summed E-state index contributed by atoms with van der Waals surface area (Å²) in [7, 11) is 0. The maximum Gasteiger partial charge on any atom is 0.335 e. The number of carbonyl (C=O) groups excluding carboxylic acids is 1. The molecule has 2 rings (SSSR count). The molecule has 0 aliphatic heterocycles. The molecule has 0 unspecified atom stereocenters. The predicted molar refractivity (Wildman–Crippen MR) is 80.5 cm³/mol. The Kier molecular flexibility index (Phi) is 4.59. The van der Waals surface area contributed by atoms with Crippen molar-refractivity contribution in [3.05, 3.63) is 62.8 Å². The zero-order valence-electron chi connectivity index (χ0n) is 10.4. The van der Waals surface area contributed by atoms with Gasteiger partial charge in [0, 0.05) is 10.7 Å². The van der Waals surface area contributed by atoms with E-state index in [9.17, 15) is 14.0 Å². The predicted octanol–water partition coefficient (Wildman–Crippen LogP) is 4.19. The summed E-state index contributed by atoms with van der Waals surface area (Å²) in [6, 6.07) is 7.97. The third-order valence-corrected chi connectivity index (χ3v) is 3.62. The van der Waals surface area contributed by atoms with Crippen molar-refractivity contribution in [2.75, 3.05) is 5.32 Å². The molecule has 0 fully saturated rings. The van der Waals surface area contributed by atoms with Crippen LogP contribution in [0.4, 0.5) is 10.1 Å². The lowest BCUT2D eigenvalue weighted by atomic mass is 10.1. The van der Waals surface area contributed by atoms with Gasteiger partial charge in [-0.1, -0.05) is 17.7 Å². The van der Waals surface area contributed by atoms with Crippen LogP contribution in [-0.4, -0.2) is 17.0 Å². The minimum absolute atomic E-state index is 0.0305. The molecule has 0 bridgehead atoms. The Labute approximate surface area is 132 Å². The van der Waals surface area contributed by atoms with Crippen LogP contribution in [0.25, 0.3) is 0 Å². The van der Waals surface area contributed by atoms with E-state index in [2.05, 4.69) is 21.2 Å². The lowest BCUT2D eigenvalue weighted by Crippen LogP contribution is -2.13. The Bertz CT molecular complexity index is 736. The number of carbonyl (C=O) groups is 2. The zero-order valence-corrected chi connectivity index (χ0v) is 12.7. The van der Waals surface area contributed by atoms with E-state index in [0.29, 0.717) is 0 Å². The number of anilines is 1. The molecule has 0 radical (unpaired) electrons. The molecular formula is C14H8BrClFNO3. The van der Waals surface area contributed by atoms with Crippen molar-refractivity contribution in [3.63, 3.8) is 0 Å². The molecule has 1 amide bonds. The highest BCUT2D eigenvalue weighted by Crippen LogP contribution is 2.23. The summed E-state index contributed by atoms with van der Waals surface area (Å²) in [6.07, 6.45) is 0. The lowest BCUT2D eigenvalue weighted by Gasteiger charge is -2.08. The quantitative estimate of drug-likeness (QED) is 0.849. The molecule has 0 heterocycles. The zero-order chi connectivity index (χ0) is 15.6. The van der Waals surface area contributed by atoms with Crippen molar-refractivity contribution < 1.29 is 19.1 Å². The molecule has 7 heteroatoms. The second-order valence-electron chi connectivity index (χ2n) is 4.09. The van der Waals surface area contributed by atoms with Crippen molar-refractivity contribution in [3.8, 4) is 0 Å². The third kappa shape index (κ3) is 3.59. The third-order valence-electron chi connectivity index (χ3n) is 2.60. The Morgan fingerprint density at radius 1 is 1.24 bits per heavy atom. The number of carboxylic acids is 1. The van der Waals surface area contributed by atoms with E-state index in [1.54, 1.807) is 0 Å². The Morgan fingerprint density at radius 2 is 1.95 bits per heavy atom. The van der Waals surface area contributed by atoms with Crippen molar-refractivity contribution in [1.29, 1.82) is 0 Å². The summed E-state index contributed by atoms with van der Waals surface area (Å²) >= 11 is 8.79. The van der Waals surface area contributed by atoms with Gasteiger partial charge in [-0.05, 0) is 46.3 Å². The van der Waals surface area contributed by atoms with Gasteiger partial charge < -0.3 is 10.4 Å². The normalized spacial score (nSPS) is 10.2. The lowest BCUT2D eigenvalue weighted by molar-refractivity contribution is 0.0696. The van der Waals surface area contributed by atoms with Gasteiger partial charge in [-0.25, -0.2) is 9.18 Å². The van der Waals surface area contributed by atoms with Gasteiger partial charge in [-0.3, -0.25) is 4.79 Å². The van der Waals surface area contributed by atoms with Crippen LogP contribution < -0.4 is 5.32 Å². The first-order chi connectivity index (χ1) is 9.88. The van der Waals surface area contributed by atoms with Gasteiger partial charge in [0.2, 0.25) is 0 Å². The number of nitrogens with one attached hydrogen (secondary N) is 1. The number of halogens is 3. The first kappa shape index (κ1) is 15.5. The number of hydrogen-bond donors (Lipinski definition) is 2. The molecule has 0 atom stereocenters. The van der Waals surface area contributed by atoms with E-state index in [1.165, 1.54) is 36.4 Å². The molecule has 2 N–H and O–H groups in total. The summed E-state index contributed by atoms with van der Waals surface area (Å²) in [6.45, 7) is 0. The van der Waals surface area contributed by atoms with Crippen LogP contribution in [-0.2, 0) is 0 Å². The van der Waals surface area contributed by atoms with E-state index >= 15 is 0 Å². The molecular weight excluding hydrogens is 365 g/mol. The van der Waals surface area contributed by atoms with Crippen LogP contribution in [0.3, 0.4) is 0 Å². The first-order valence-corrected chi connectivity index (χ1v) is 6.85.